The van der Waals surface area contributed by atoms with Gasteiger partial charge in [-0.05, 0) is 18.6 Å². The normalized spacial score (nSPS) is 16.3. The number of nitrogens with zero attached hydrogens (tertiary/aromatic N) is 3. The van der Waals surface area contributed by atoms with E-state index in [0.29, 0.717) is 17.6 Å². The second kappa shape index (κ2) is 6.53. The number of nitrogens with two attached hydrogens (primary N) is 2. The van der Waals surface area contributed by atoms with E-state index in [0.717, 1.165) is 22.6 Å². The van der Waals surface area contributed by atoms with Gasteiger partial charge in [0.05, 0.1) is 11.9 Å². The fraction of sp³-hybridized carbons (Fsp3) is 0.100. The topological polar surface area (TPSA) is 116 Å². The van der Waals surface area contributed by atoms with Crippen molar-refractivity contribution in [1.29, 1.82) is 0 Å². The number of fused-ring (bicyclic) bond motifs is 1. The third-order valence-electron chi connectivity index (χ3n) is 4.65. The van der Waals surface area contributed by atoms with E-state index in [2.05, 4.69) is 9.97 Å². The van der Waals surface area contributed by atoms with E-state index in [4.69, 9.17) is 11.5 Å². The molecule has 3 aromatic rings. The van der Waals surface area contributed by atoms with E-state index in [1.54, 1.807) is 24.4 Å². The van der Waals surface area contributed by atoms with Gasteiger partial charge in [0.25, 0.3) is 0 Å². The fourth-order valence-electron chi connectivity index (χ4n) is 3.16. The fourth-order valence-corrected chi connectivity index (χ4v) is 3.16. The van der Waals surface area contributed by atoms with Crippen LogP contribution in [0.15, 0.2) is 66.7 Å². The Morgan fingerprint density at radius 1 is 1.04 bits per heavy atom. The van der Waals surface area contributed by atoms with Gasteiger partial charge in [-0.25, -0.2) is 4.98 Å². The number of allylic oxidation sites excluding steroid dienone is 2. The standard InChI is InChI=1S/C20H17N5O2/c21-19(26)14-5-1-12(2-6-14)16-11-25-17(9-24-18(25)10-23-16)13-3-7-15(8-4-13)20(22)27/h1-3,5-11,13H,4H2,(H2,21,26)(H2,22,27). The molecular formula is C20H17N5O2. The Bertz CT molecular complexity index is 1110. The van der Waals surface area contributed by atoms with Crippen LogP contribution in [0.2, 0.25) is 0 Å². The van der Waals surface area contributed by atoms with Crippen LogP contribution in [0.25, 0.3) is 16.9 Å². The van der Waals surface area contributed by atoms with Gasteiger partial charge in [0.15, 0.2) is 5.65 Å². The number of primary amides is 2. The first-order chi connectivity index (χ1) is 13.0. The Labute approximate surface area is 155 Å². The average molecular weight is 359 g/mol. The van der Waals surface area contributed by atoms with Crippen LogP contribution in [0, 0.1) is 0 Å². The first-order valence-electron chi connectivity index (χ1n) is 8.44. The minimum absolute atomic E-state index is 0.0931. The quantitative estimate of drug-likeness (QED) is 0.740. The van der Waals surface area contributed by atoms with Crippen LogP contribution in [0.3, 0.4) is 0 Å². The maximum Gasteiger partial charge on any atom is 0.248 e. The van der Waals surface area contributed by atoms with Crippen molar-refractivity contribution >= 4 is 17.5 Å². The molecular weight excluding hydrogens is 342 g/mol. The highest BCUT2D eigenvalue weighted by molar-refractivity contribution is 5.95. The zero-order valence-corrected chi connectivity index (χ0v) is 14.4. The largest absolute Gasteiger partial charge is 0.366 e. The van der Waals surface area contributed by atoms with Crippen molar-refractivity contribution in [3.63, 3.8) is 0 Å². The summed E-state index contributed by atoms with van der Waals surface area (Å²) >= 11 is 0. The molecule has 0 bridgehead atoms. The molecule has 1 unspecified atom stereocenters. The molecule has 4 rings (SSSR count). The lowest BCUT2D eigenvalue weighted by Gasteiger charge is -2.15. The number of aromatic nitrogens is 3. The lowest BCUT2D eigenvalue weighted by Crippen LogP contribution is -2.15. The Kier molecular flexibility index (Phi) is 4.04. The third-order valence-corrected chi connectivity index (χ3v) is 4.65. The van der Waals surface area contributed by atoms with Crippen LogP contribution in [-0.2, 0) is 4.79 Å². The van der Waals surface area contributed by atoms with Gasteiger partial charge >= 0.3 is 0 Å². The summed E-state index contributed by atoms with van der Waals surface area (Å²) in [5.41, 5.74) is 14.9. The Morgan fingerprint density at radius 3 is 2.44 bits per heavy atom. The summed E-state index contributed by atoms with van der Waals surface area (Å²) in [6, 6.07) is 6.98. The molecule has 7 heteroatoms. The monoisotopic (exact) mass is 359 g/mol. The summed E-state index contributed by atoms with van der Waals surface area (Å²) in [7, 11) is 0. The zero-order valence-electron chi connectivity index (χ0n) is 14.4. The molecule has 1 aromatic carbocycles. The van der Waals surface area contributed by atoms with Crippen molar-refractivity contribution < 1.29 is 9.59 Å². The number of rotatable bonds is 4. The predicted octanol–water partition coefficient (Wildman–Crippen LogP) is 1.95. The van der Waals surface area contributed by atoms with Crippen molar-refractivity contribution in [3.8, 4) is 11.3 Å². The molecule has 0 saturated heterocycles. The molecule has 2 aromatic heterocycles. The van der Waals surface area contributed by atoms with Crippen LogP contribution in [0.1, 0.15) is 28.4 Å². The van der Waals surface area contributed by atoms with Gasteiger partial charge in [0.2, 0.25) is 11.8 Å². The van der Waals surface area contributed by atoms with Crippen LogP contribution in [0.5, 0.6) is 0 Å². The smallest absolute Gasteiger partial charge is 0.248 e. The van der Waals surface area contributed by atoms with Crippen molar-refractivity contribution in [2.24, 2.45) is 11.5 Å². The van der Waals surface area contributed by atoms with E-state index >= 15 is 0 Å². The SMILES string of the molecule is NC(=O)C1=CCC(c2cnc3cnc(-c4ccc(C(N)=O)cc4)cn23)C=C1. The number of benzene rings is 1. The van der Waals surface area contributed by atoms with Crippen molar-refractivity contribution in [2.75, 3.05) is 0 Å². The van der Waals surface area contributed by atoms with Crippen molar-refractivity contribution in [3.05, 3.63) is 77.9 Å². The van der Waals surface area contributed by atoms with Crippen molar-refractivity contribution in [1.82, 2.24) is 14.4 Å². The minimum atomic E-state index is -0.464. The van der Waals surface area contributed by atoms with Crippen LogP contribution in [-0.4, -0.2) is 26.2 Å². The summed E-state index contributed by atoms with van der Waals surface area (Å²) in [6.45, 7) is 0. The predicted molar refractivity (Wildman–Crippen MR) is 101 cm³/mol. The van der Waals surface area contributed by atoms with E-state index in [9.17, 15) is 9.59 Å². The molecule has 0 fully saturated rings. The van der Waals surface area contributed by atoms with Crippen LogP contribution < -0.4 is 11.5 Å². The first-order valence-corrected chi connectivity index (χ1v) is 8.44. The molecule has 2 amide bonds. The third kappa shape index (κ3) is 3.10. The maximum atomic E-state index is 11.3. The Balaban J connectivity index is 1.69. The molecule has 2 heterocycles. The van der Waals surface area contributed by atoms with Gasteiger partial charge in [0, 0.05) is 40.7 Å². The molecule has 0 radical (unpaired) electrons. The summed E-state index contributed by atoms with van der Waals surface area (Å²) in [5, 5.41) is 0. The lowest BCUT2D eigenvalue weighted by molar-refractivity contribution is -0.114. The molecule has 1 aliphatic rings. The summed E-state index contributed by atoms with van der Waals surface area (Å²) in [5.74, 6) is -0.793. The number of imidazole rings is 1. The second-order valence-corrected chi connectivity index (χ2v) is 6.35. The highest BCUT2D eigenvalue weighted by atomic mass is 16.1. The summed E-state index contributed by atoms with van der Waals surface area (Å²) < 4.78 is 1.99. The molecule has 0 spiro atoms. The maximum absolute atomic E-state index is 11.3. The number of hydrogen-bond acceptors (Lipinski definition) is 4. The van der Waals surface area contributed by atoms with Crippen LogP contribution in [0.4, 0.5) is 0 Å². The van der Waals surface area contributed by atoms with Crippen LogP contribution >= 0.6 is 0 Å². The highest BCUT2D eigenvalue weighted by Crippen LogP contribution is 2.28. The number of carbonyl (C=O) groups is 2. The lowest BCUT2D eigenvalue weighted by atomic mass is 9.94. The second-order valence-electron chi connectivity index (χ2n) is 6.35. The van der Waals surface area contributed by atoms with Gasteiger partial charge in [-0.1, -0.05) is 30.4 Å². The molecule has 0 saturated carbocycles. The number of hydrogen-bond donors (Lipinski definition) is 2. The van der Waals surface area contributed by atoms with Crippen molar-refractivity contribution in [2.45, 2.75) is 12.3 Å². The molecule has 1 atom stereocenters. The van der Waals surface area contributed by atoms with Gasteiger partial charge in [-0.15, -0.1) is 0 Å². The number of amides is 2. The molecule has 134 valence electrons. The number of carbonyl (C=O) groups excluding carboxylic acids is 2. The summed E-state index contributed by atoms with van der Waals surface area (Å²) in [4.78, 5) is 31.4. The van der Waals surface area contributed by atoms with Gasteiger partial charge in [-0.3, -0.25) is 19.0 Å². The first kappa shape index (κ1) is 16.7. The summed E-state index contributed by atoms with van der Waals surface area (Å²) in [6.07, 6.45) is 11.7. The van der Waals surface area contributed by atoms with E-state index in [1.165, 1.54) is 0 Å². The van der Waals surface area contributed by atoms with Gasteiger partial charge < -0.3 is 11.5 Å². The van der Waals surface area contributed by atoms with E-state index in [-0.39, 0.29) is 5.92 Å². The van der Waals surface area contributed by atoms with Gasteiger partial charge in [0.1, 0.15) is 0 Å². The molecule has 1 aliphatic carbocycles. The zero-order chi connectivity index (χ0) is 19.0. The van der Waals surface area contributed by atoms with E-state index < -0.39 is 11.8 Å². The Morgan fingerprint density at radius 2 is 1.81 bits per heavy atom. The molecule has 7 nitrogen and oxygen atoms in total. The Hall–Kier alpha value is -3.74. The minimum Gasteiger partial charge on any atom is -0.366 e. The average Bonchev–Trinajstić information content (AvgIpc) is 3.11. The molecule has 0 aliphatic heterocycles. The molecule has 27 heavy (non-hydrogen) atoms. The highest BCUT2D eigenvalue weighted by Gasteiger charge is 2.17. The molecule has 4 N–H and O–H groups in total. The van der Waals surface area contributed by atoms with E-state index in [1.807, 2.05) is 41.1 Å². The van der Waals surface area contributed by atoms with Gasteiger partial charge in [-0.2, -0.15) is 0 Å².